The van der Waals surface area contributed by atoms with Crippen molar-refractivity contribution in [2.45, 2.75) is 29.4 Å². The van der Waals surface area contributed by atoms with Crippen molar-refractivity contribution in [3.63, 3.8) is 0 Å². The van der Waals surface area contributed by atoms with Crippen LogP contribution in [-0.2, 0) is 70.8 Å². The molecule has 2 aromatic heterocycles. The van der Waals surface area contributed by atoms with Gasteiger partial charge in [0.1, 0.15) is 58.4 Å². The molecule has 9 rings (SSSR count). The number of hydrogen-bond acceptors (Lipinski definition) is 26. The molecule has 9 aromatic rings. The summed E-state index contributed by atoms with van der Waals surface area (Å²) in [6, 6.07) is 16.9. The van der Waals surface area contributed by atoms with Crippen molar-refractivity contribution in [2.75, 3.05) is 17.6 Å². The molecule has 0 aliphatic heterocycles. The summed E-state index contributed by atoms with van der Waals surface area (Å²) in [5.74, 6) is -3.00. The van der Waals surface area contributed by atoms with Crippen molar-refractivity contribution >= 4 is 159 Å². The van der Waals surface area contributed by atoms with E-state index in [1.807, 2.05) is 0 Å². The Morgan fingerprint density at radius 3 is 1.74 bits per heavy atom. The van der Waals surface area contributed by atoms with Crippen LogP contribution < -0.4 is 10.6 Å². The van der Waals surface area contributed by atoms with Gasteiger partial charge in [0.05, 0.1) is 26.7 Å². The number of nitrogens with zero attached hydrogens (tertiary/aromatic N) is 9. The van der Waals surface area contributed by atoms with Crippen LogP contribution in [-0.4, -0.2) is 134 Å². The van der Waals surface area contributed by atoms with E-state index in [2.05, 4.69) is 51.4 Å². The Balaban J connectivity index is 1.13. The molecule has 11 N–H and O–H groups in total. The van der Waals surface area contributed by atoms with Gasteiger partial charge in [0.25, 0.3) is 70.8 Å². The summed E-state index contributed by atoms with van der Waals surface area (Å²) in [7, 11) is -36.6. The standard InChI is InChI=1S/C45H33N11O24S8/c57-41-24-9-12-29(50-53-40-38(21-5-2-1-3-6-21)55-56(43(40)58)22-15-26-27(35(16-22)85(69,70)71)17-23(83(63,64)65)18-36(26)86(72,73)74)42(88(78,79)80)25(24)10-11-28(41)49-52-32-19-30(47-44(59)46-13-14-82(60,61)62)31(20-37(32)87(75,76)77)51-54-45-48-39-33(81-45)7-4-8-34(39)84(66,67)68/h1-12,15-20,57-58H,13-14H2,(H2,46,47,59)(H,60,61,62)(H,63,64,65)(H,66,67,68)(H,69,70,71)(H,72,73,74)(H,75,76,77)(H,78,79,80). The third-order valence-corrected chi connectivity index (χ3v) is 18.9. The molecule has 2 amide bonds. The number of anilines is 1. The van der Waals surface area contributed by atoms with Crippen molar-refractivity contribution < 1.29 is 106 Å². The third-order valence-electron chi connectivity index (χ3n) is 11.9. The Morgan fingerprint density at radius 1 is 0.523 bits per heavy atom. The molecular formula is C45H33N11O24S8. The number of thiazole rings is 1. The lowest BCUT2D eigenvalue weighted by molar-refractivity contribution is 0.252. The normalized spacial score (nSPS) is 13.2. The van der Waals surface area contributed by atoms with Crippen molar-refractivity contribution in [1.82, 2.24) is 20.1 Å². The van der Waals surface area contributed by atoms with Crippen molar-refractivity contribution in [3.05, 3.63) is 109 Å². The van der Waals surface area contributed by atoms with Crippen molar-refractivity contribution in [2.24, 2.45) is 30.7 Å². The molecule has 0 unspecified atom stereocenters. The lowest BCUT2D eigenvalue weighted by Crippen LogP contribution is -2.32. The van der Waals surface area contributed by atoms with Crippen LogP contribution in [0, 0.1) is 0 Å². The average Bonchev–Trinajstić information content (AvgIpc) is 1.12. The van der Waals surface area contributed by atoms with Gasteiger partial charge in [-0.15, -0.1) is 30.7 Å². The molecule has 0 aliphatic rings. The summed E-state index contributed by atoms with van der Waals surface area (Å²) < 4.78 is 244. The monoisotopic (exact) mass is 1370 g/mol. The first-order valence-corrected chi connectivity index (χ1v) is 34.3. The Labute approximate surface area is 497 Å². The van der Waals surface area contributed by atoms with E-state index < -0.39 is 192 Å². The number of nitrogens with one attached hydrogen (secondary N) is 2. The van der Waals surface area contributed by atoms with E-state index in [4.69, 9.17) is 4.55 Å². The molecule has 35 nitrogen and oxygen atoms in total. The van der Waals surface area contributed by atoms with Crippen LogP contribution in [0.2, 0.25) is 0 Å². The highest BCUT2D eigenvalue weighted by atomic mass is 32.2. The van der Waals surface area contributed by atoms with Crippen LogP contribution >= 0.6 is 11.3 Å². The van der Waals surface area contributed by atoms with Crippen LogP contribution in [0.4, 0.5) is 44.1 Å². The summed E-state index contributed by atoms with van der Waals surface area (Å²) in [4.78, 5) is 10.4. The zero-order valence-corrected chi connectivity index (χ0v) is 49.3. The fraction of sp³-hybridized carbons (Fsp3) is 0.0444. The fourth-order valence-electron chi connectivity index (χ4n) is 8.24. The Morgan fingerprint density at radius 2 is 1.11 bits per heavy atom. The van der Waals surface area contributed by atoms with Crippen LogP contribution in [0.5, 0.6) is 11.6 Å². The minimum Gasteiger partial charge on any atom is -0.505 e. The van der Waals surface area contributed by atoms with Gasteiger partial charge in [-0.1, -0.05) is 53.8 Å². The number of amides is 2. The predicted molar refractivity (Wildman–Crippen MR) is 305 cm³/mol. The molecule has 460 valence electrons. The number of rotatable bonds is 18. The molecule has 0 fully saturated rings. The highest BCUT2D eigenvalue weighted by Gasteiger charge is 2.30. The molecule has 88 heavy (non-hydrogen) atoms. The van der Waals surface area contributed by atoms with Crippen molar-refractivity contribution in [3.8, 4) is 28.6 Å². The number of carbonyl (C=O) groups excluding carboxylic acids is 1. The molecule has 0 aliphatic carbocycles. The second-order valence-corrected chi connectivity index (χ2v) is 28.7. The van der Waals surface area contributed by atoms with Gasteiger partial charge in [-0.2, -0.15) is 68.7 Å². The first-order valence-electron chi connectivity index (χ1n) is 23.2. The van der Waals surface area contributed by atoms with E-state index in [1.165, 1.54) is 36.4 Å². The van der Waals surface area contributed by atoms with Gasteiger partial charge in [0, 0.05) is 33.7 Å². The van der Waals surface area contributed by atoms with Gasteiger partial charge in [-0.25, -0.2) is 9.78 Å². The zero-order chi connectivity index (χ0) is 64.4. The maximum absolute atomic E-state index is 13.2. The van der Waals surface area contributed by atoms with Crippen LogP contribution in [0.25, 0.3) is 48.7 Å². The predicted octanol–water partition coefficient (Wildman–Crippen LogP) is 7.60. The smallest absolute Gasteiger partial charge is 0.319 e. The lowest BCUT2D eigenvalue weighted by Gasteiger charge is -2.13. The number of carbonyl (C=O) groups is 1. The van der Waals surface area contributed by atoms with Gasteiger partial charge >= 0.3 is 6.03 Å². The van der Waals surface area contributed by atoms with Gasteiger partial charge < -0.3 is 20.8 Å². The number of benzene rings is 7. The first kappa shape index (κ1) is 63.7. The molecule has 0 spiro atoms. The topological polar surface area (TPSA) is 567 Å². The highest BCUT2D eigenvalue weighted by molar-refractivity contribution is 7.88. The summed E-state index contributed by atoms with van der Waals surface area (Å²) in [5.41, 5.74) is -5.07. The number of hydrogen-bond donors (Lipinski definition) is 11. The lowest BCUT2D eigenvalue weighted by atomic mass is 10.1. The van der Waals surface area contributed by atoms with Gasteiger partial charge in [-0.05, 0) is 66.7 Å². The average molecular weight is 1370 g/mol. The molecule has 43 heteroatoms. The van der Waals surface area contributed by atoms with E-state index >= 15 is 0 Å². The number of aromatic nitrogens is 3. The Bertz CT molecular complexity index is 5410. The van der Waals surface area contributed by atoms with E-state index in [9.17, 15) is 101 Å². The number of urea groups is 1. The number of aromatic hydroxyl groups is 2. The molecule has 0 radical (unpaired) electrons. The molecule has 0 atom stereocenters. The molecule has 0 bridgehead atoms. The molecule has 7 aromatic carbocycles. The molecule has 0 saturated heterocycles. The summed E-state index contributed by atoms with van der Waals surface area (Å²) >= 11 is 0.731. The largest absolute Gasteiger partial charge is 0.505 e. The minimum absolute atomic E-state index is 0.108. The Kier molecular flexibility index (Phi) is 16.7. The quantitative estimate of drug-likeness (QED) is 0.0291. The van der Waals surface area contributed by atoms with Gasteiger partial charge in [0.2, 0.25) is 11.0 Å². The summed E-state index contributed by atoms with van der Waals surface area (Å²) in [6.07, 6.45) is 0. The maximum Gasteiger partial charge on any atom is 0.319 e. The van der Waals surface area contributed by atoms with Gasteiger partial charge in [0.15, 0.2) is 11.4 Å². The SMILES string of the molecule is O=C(NCCS(=O)(=O)O)Nc1cc(N=Nc2ccc3c(S(=O)(=O)O)c(N=Nc4c(-c5ccccc5)nn(-c5cc(S(=O)(=O)O)c6cc(S(=O)(=O)O)cc(S(=O)(=O)O)c6c5)c4O)ccc3c2O)c(S(=O)(=O)O)cc1N=Nc1nc2c(S(=O)(=O)O)cccc2s1. The second kappa shape index (κ2) is 23.0. The number of phenolic OH excluding ortho intramolecular Hbond substituents is 1. The summed E-state index contributed by atoms with van der Waals surface area (Å²) in [6.45, 7) is -0.687. The maximum atomic E-state index is 13.2. The van der Waals surface area contributed by atoms with E-state index in [0.29, 0.717) is 22.9 Å². The third kappa shape index (κ3) is 13.7. The van der Waals surface area contributed by atoms with Crippen LogP contribution in [0.3, 0.4) is 0 Å². The Hall–Kier alpha value is -8.80. The zero-order valence-electron chi connectivity index (χ0n) is 42.7. The fourth-order valence-corrected chi connectivity index (χ4v) is 13.6. The number of para-hydroxylation sites is 1. The summed E-state index contributed by atoms with van der Waals surface area (Å²) in [5, 5.41) is 52.2. The number of phenols is 1. The number of fused-ring (bicyclic) bond motifs is 3. The van der Waals surface area contributed by atoms with Crippen molar-refractivity contribution in [1.29, 1.82) is 0 Å². The molecule has 2 heterocycles. The molecular weight excluding hydrogens is 1340 g/mol. The highest BCUT2D eigenvalue weighted by Crippen LogP contribution is 2.46. The van der Waals surface area contributed by atoms with E-state index in [-0.39, 0.29) is 32.7 Å². The van der Waals surface area contributed by atoms with E-state index in [1.54, 1.807) is 6.07 Å². The second-order valence-electron chi connectivity index (χ2n) is 17.8. The first-order chi connectivity index (χ1) is 40.8. The number of azo groups is 3. The van der Waals surface area contributed by atoms with Gasteiger partial charge in [-0.3, -0.25) is 31.9 Å². The van der Waals surface area contributed by atoms with Crippen LogP contribution in [0.1, 0.15) is 0 Å². The minimum atomic E-state index is -5.51. The van der Waals surface area contributed by atoms with Crippen LogP contribution in [0.15, 0.2) is 169 Å². The van der Waals surface area contributed by atoms with E-state index in [0.717, 1.165) is 53.8 Å². The molecule has 0 saturated carbocycles.